The van der Waals surface area contributed by atoms with Crippen LogP contribution in [0.4, 0.5) is 0 Å². The van der Waals surface area contributed by atoms with Gasteiger partial charge in [-0.15, -0.1) is 11.7 Å². The number of hydrogen-bond acceptors (Lipinski definition) is 4. The standard InChI is InChI=1S/C16H24N4O2/c1-4-6-8-22-15-13(7-5-2)9-12(10-14(15)21-3)11-19-20-16(17)18/h5,9-11H,2,4,6-8H2,1,3H3,(H4,17,18,20). The Morgan fingerprint density at radius 3 is 2.73 bits per heavy atom. The highest BCUT2D eigenvalue weighted by atomic mass is 16.5. The van der Waals surface area contributed by atoms with Crippen molar-refractivity contribution in [2.75, 3.05) is 13.7 Å². The van der Waals surface area contributed by atoms with Gasteiger partial charge in [0.25, 0.3) is 0 Å². The smallest absolute Gasteiger partial charge is 0.211 e. The third kappa shape index (κ3) is 5.47. The Kier molecular flexibility index (Phi) is 7.53. The number of benzene rings is 1. The lowest BCUT2D eigenvalue weighted by molar-refractivity contribution is 0.286. The van der Waals surface area contributed by atoms with Crippen molar-refractivity contribution in [2.24, 2.45) is 21.7 Å². The largest absolute Gasteiger partial charge is 0.493 e. The molecule has 0 spiro atoms. The van der Waals surface area contributed by atoms with Crippen molar-refractivity contribution in [2.45, 2.75) is 26.2 Å². The van der Waals surface area contributed by atoms with Crippen molar-refractivity contribution in [3.8, 4) is 11.5 Å². The average Bonchev–Trinajstić information content (AvgIpc) is 2.49. The number of methoxy groups -OCH3 is 1. The van der Waals surface area contributed by atoms with E-state index in [2.05, 4.69) is 23.7 Å². The van der Waals surface area contributed by atoms with Gasteiger partial charge in [0, 0.05) is 5.56 Å². The fraction of sp³-hybridized carbons (Fsp3) is 0.375. The Morgan fingerprint density at radius 1 is 1.36 bits per heavy atom. The molecule has 0 heterocycles. The molecule has 1 aromatic rings. The van der Waals surface area contributed by atoms with E-state index >= 15 is 0 Å². The van der Waals surface area contributed by atoms with Crippen LogP contribution in [-0.2, 0) is 6.42 Å². The fourth-order valence-corrected chi connectivity index (χ4v) is 1.86. The Hall–Kier alpha value is -2.50. The van der Waals surface area contributed by atoms with Crippen molar-refractivity contribution in [3.63, 3.8) is 0 Å². The monoisotopic (exact) mass is 304 g/mol. The van der Waals surface area contributed by atoms with Crippen LogP contribution in [-0.4, -0.2) is 25.9 Å². The van der Waals surface area contributed by atoms with Crippen molar-refractivity contribution >= 4 is 12.2 Å². The van der Waals surface area contributed by atoms with Gasteiger partial charge in [0.05, 0.1) is 19.9 Å². The minimum atomic E-state index is -0.0888. The summed E-state index contributed by atoms with van der Waals surface area (Å²) in [5, 5.41) is 7.40. The van der Waals surface area contributed by atoms with Crippen LogP contribution in [0, 0.1) is 0 Å². The molecule has 22 heavy (non-hydrogen) atoms. The van der Waals surface area contributed by atoms with Crippen LogP contribution in [0.25, 0.3) is 0 Å². The van der Waals surface area contributed by atoms with E-state index in [4.69, 9.17) is 20.9 Å². The number of ether oxygens (including phenoxy) is 2. The zero-order valence-corrected chi connectivity index (χ0v) is 13.2. The van der Waals surface area contributed by atoms with Gasteiger partial charge in [0.15, 0.2) is 11.5 Å². The molecule has 0 saturated carbocycles. The third-order valence-corrected chi connectivity index (χ3v) is 2.86. The van der Waals surface area contributed by atoms with Crippen LogP contribution in [0.15, 0.2) is 35.0 Å². The second-order valence-electron chi connectivity index (χ2n) is 4.68. The molecule has 0 unspecified atom stereocenters. The normalized spacial score (nSPS) is 10.5. The Morgan fingerprint density at radius 2 is 2.14 bits per heavy atom. The molecule has 6 nitrogen and oxygen atoms in total. The first-order valence-corrected chi connectivity index (χ1v) is 7.18. The van der Waals surface area contributed by atoms with E-state index in [1.165, 1.54) is 0 Å². The Bertz CT molecular complexity index is 549. The summed E-state index contributed by atoms with van der Waals surface area (Å²) in [7, 11) is 1.61. The molecule has 0 aromatic heterocycles. The van der Waals surface area contributed by atoms with Gasteiger partial charge in [0.2, 0.25) is 5.96 Å². The van der Waals surface area contributed by atoms with Gasteiger partial charge in [-0.1, -0.05) is 19.4 Å². The highest BCUT2D eigenvalue weighted by Crippen LogP contribution is 2.33. The van der Waals surface area contributed by atoms with Crippen molar-refractivity contribution in [3.05, 3.63) is 35.9 Å². The number of hydrogen-bond donors (Lipinski definition) is 2. The zero-order valence-electron chi connectivity index (χ0n) is 13.2. The van der Waals surface area contributed by atoms with Crippen molar-refractivity contribution < 1.29 is 9.47 Å². The van der Waals surface area contributed by atoms with Gasteiger partial charge in [0.1, 0.15) is 0 Å². The predicted molar refractivity (Wildman–Crippen MR) is 90.7 cm³/mol. The first kappa shape index (κ1) is 17.6. The van der Waals surface area contributed by atoms with E-state index in [1.807, 2.05) is 18.2 Å². The molecule has 6 heteroatoms. The van der Waals surface area contributed by atoms with Crippen LogP contribution in [0.3, 0.4) is 0 Å². The molecule has 1 aromatic carbocycles. The molecule has 0 amide bonds. The van der Waals surface area contributed by atoms with E-state index < -0.39 is 0 Å². The number of nitrogens with zero attached hydrogens (tertiary/aromatic N) is 2. The first-order valence-electron chi connectivity index (χ1n) is 7.18. The molecule has 0 saturated heterocycles. The number of guanidine groups is 1. The number of rotatable bonds is 9. The quantitative estimate of drug-likeness (QED) is 0.240. The Labute approximate surface area is 131 Å². The molecule has 0 aliphatic carbocycles. The number of allylic oxidation sites excluding steroid dienone is 1. The van der Waals surface area contributed by atoms with Gasteiger partial charge in [-0.3, -0.25) is 0 Å². The summed E-state index contributed by atoms with van der Waals surface area (Å²) in [4.78, 5) is 0. The molecule has 0 bridgehead atoms. The molecule has 4 N–H and O–H groups in total. The molecular formula is C16H24N4O2. The van der Waals surface area contributed by atoms with E-state index in [-0.39, 0.29) is 5.96 Å². The molecule has 0 aliphatic heterocycles. The molecule has 120 valence electrons. The molecular weight excluding hydrogens is 280 g/mol. The highest BCUT2D eigenvalue weighted by molar-refractivity contribution is 5.83. The SMILES string of the molecule is C=CCc1cc(C=NN=C(N)N)cc(OC)c1OCCCC. The molecule has 1 rings (SSSR count). The number of unbranched alkanes of at least 4 members (excludes halogenated alkanes) is 1. The molecule has 0 fully saturated rings. The van der Waals surface area contributed by atoms with Gasteiger partial charge >= 0.3 is 0 Å². The van der Waals surface area contributed by atoms with Crippen LogP contribution in [0.5, 0.6) is 11.5 Å². The van der Waals surface area contributed by atoms with E-state index in [1.54, 1.807) is 13.3 Å². The predicted octanol–water partition coefficient (Wildman–Crippen LogP) is 2.21. The second-order valence-corrected chi connectivity index (χ2v) is 4.68. The molecule has 0 atom stereocenters. The maximum Gasteiger partial charge on any atom is 0.211 e. The van der Waals surface area contributed by atoms with E-state index in [0.717, 1.165) is 29.7 Å². The van der Waals surface area contributed by atoms with Gasteiger partial charge in [-0.2, -0.15) is 5.10 Å². The summed E-state index contributed by atoms with van der Waals surface area (Å²) >= 11 is 0. The summed E-state index contributed by atoms with van der Waals surface area (Å²) < 4.78 is 11.3. The minimum absolute atomic E-state index is 0.0888. The first-order chi connectivity index (χ1) is 10.6. The lowest BCUT2D eigenvalue weighted by Crippen LogP contribution is -2.21. The lowest BCUT2D eigenvalue weighted by Gasteiger charge is -2.15. The van der Waals surface area contributed by atoms with Crippen LogP contribution in [0.1, 0.15) is 30.9 Å². The maximum atomic E-state index is 5.87. The summed E-state index contributed by atoms with van der Waals surface area (Å²) in [5.41, 5.74) is 12.3. The second kappa shape index (κ2) is 9.44. The topological polar surface area (TPSA) is 95.2 Å². The van der Waals surface area contributed by atoms with Gasteiger partial charge < -0.3 is 20.9 Å². The summed E-state index contributed by atoms with van der Waals surface area (Å²) in [6, 6.07) is 3.79. The highest BCUT2D eigenvalue weighted by Gasteiger charge is 2.12. The summed E-state index contributed by atoms with van der Waals surface area (Å²) in [6.45, 7) is 6.55. The van der Waals surface area contributed by atoms with E-state index in [0.29, 0.717) is 18.8 Å². The van der Waals surface area contributed by atoms with Crippen LogP contribution >= 0.6 is 0 Å². The zero-order chi connectivity index (χ0) is 16.4. The fourth-order valence-electron chi connectivity index (χ4n) is 1.86. The Balaban J connectivity index is 3.12. The minimum Gasteiger partial charge on any atom is -0.493 e. The van der Waals surface area contributed by atoms with E-state index in [9.17, 15) is 0 Å². The van der Waals surface area contributed by atoms with Gasteiger partial charge in [-0.05, 0) is 30.5 Å². The number of nitrogens with two attached hydrogens (primary N) is 2. The lowest BCUT2D eigenvalue weighted by atomic mass is 10.1. The van der Waals surface area contributed by atoms with Crippen molar-refractivity contribution in [1.29, 1.82) is 0 Å². The summed E-state index contributed by atoms with van der Waals surface area (Å²) in [6.07, 6.45) is 6.11. The maximum absolute atomic E-state index is 5.87. The third-order valence-electron chi connectivity index (χ3n) is 2.86. The van der Waals surface area contributed by atoms with Crippen molar-refractivity contribution in [1.82, 2.24) is 0 Å². The van der Waals surface area contributed by atoms with Gasteiger partial charge in [-0.25, -0.2) is 0 Å². The molecule has 0 radical (unpaired) electrons. The van der Waals surface area contributed by atoms with Crippen LogP contribution in [0.2, 0.25) is 0 Å². The molecule has 0 aliphatic rings. The summed E-state index contributed by atoms with van der Waals surface area (Å²) in [5.74, 6) is 1.31. The average molecular weight is 304 g/mol. The van der Waals surface area contributed by atoms with Crippen LogP contribution < -0.4 is 20.9 Å².